The number of benzene rings is 1. The van der Waals surface area contributed by atoms with Crippen molar-refractivity contribution in [1.82, 2.24) is 5.32 Å². The second kappa shape index (κ2) is 5.32. The smallest absolute Gasteiger partial charge is 0.340 e. The molecular weight excluding hydrogens is 239 g/mol. The van der Waals surface area contributed by atoms with Crippen LogP contribution in [0.15, 0.2) is 12.1 Å². The van der Waals surface area contributed by atoms with Crippen molar-refractivity contribution in [2.75, 3.05) is 32.6 Å². The van der Waals surface area contributed by atoms with E-state index in [1.807, 2.05) is 0 Å². The highest BCUT2D eigenvalue weighted by Gasteiger charge is 2.22. The molecule has 5 nitrogen and oxygen atoms in total. The molecule has 1 aromatic carbocycles. The molecule has 1 atom stereocenters. The molecule has 1 heterocycles. The number of nitrogens with one attached hydrogen (secondary N) is 1. The van der Waals surface area contributed by atoms with Gasteiger partial charge in [0.1, 0.15) is 5.82 Å². The predicted molar refractivity (Wildman–Crippen MR) is 63.7 cm³/mol. The molecule has 1 aromatic rings. The number of hydrogen-bond acceptors (Lipinski definition) is 5. The van der Waals surface area contributed by atoms with E-state index >= 15 is 0 Å². The van der Waals surface area contributed by atoms with E-state index in [-0.39, 0.29) is 11.6 Å². The number of anilines is 1. The molecule has 3 N–H and O–H groups in total. The van der Waals surface area contributed by atoms with Crippen molar-refractivity contribution in [3.05, 3.63) is 29.1 Å². The molecule has 0 unspecified atom stereocenters. The summed E-state index contributed by atoms with van der Waals surface area (Å²) in [5.74, 6) is -1.40. The first-order valence-corrected chi connectivity index (χ1v) is 5.62. The number of hydrogen-bond donors (Lipinski definition) is 2. The minimum Gasteiger partial charge on any atom is -0.465 e. The first-order valence-electron chi connectivity index (χ1n) is 5.62. The van der Waals surface area contributed by atoms with Crippen LogP contribution in [0.5, 0.6) is 0 Å². The number of ether oxygens (including phenoxy) is 2. The van der Waals surface area contributed by atoms with Gasteiger partial charge in [-0.05, 0) is 17.7 Å². The summed E-state index contributed by atoms with van der Waals surface area (Å²) in [6.07, 6.45) is 0. The highest BCUT2D eigenvalue weighted by molar-refractivity contribution is 5.90. The molecule has 0 saturated carbocycles. The summed E-state index contributed by atoms with van der Waals surface area (Å²) in [5.41, 5.74) is 6.60. The van der Waals surface area contributed by atoms with E-state index in [0.29, 0.717) is 31.0 Å². The summed E-state index contributed by atoms with van der Waals surface area (Å²) in [6.45, 7) is 1.76. The van der Waals surface area contributed by atoms with Crippen molar-refractivity contribution in [2.24, 2.45) is 0 Å². The van der Waals surface area contributed by atoms with E-state index in [9.17, 15) is 9.18 Å². The van der Waals surface area contributed by atoms with Crippen LogP contribution in [0, 0.1) is 5.82 Å². The lowest BCUT2D eigenvalue weighted by Gasteiger charge is -2.25. The minimum absolute atomic E-state index is 0.117. The predicted octanol–water partition coefficient (Wildman–Crippen LogP) is 0.855. The van der Waals surface area contributed by atoms with Gasteiger partial charge in [0.15, 0.2) is 0 Å². The van der Waals surface area contributed by atoms with Crippen LogP contribution in [0.4, 0.5) is 10.1 Å². The largest absolute Gasteiger partial charge is 0.465 e. The van der Waals surface area contributed by atoms with Gasteiger partial charge in [-0.1, -0.05) is 0 Å². The number of esters is 1. The number of carbonyl (C=O) groups excluding carboxylic acids is 1. The summed E-state index contributed by atoms with van der Waals surface area (Å²) in [6, 6.07) is 2.42. The first kappa shape index (κ1) is 12.8. The zero-order valence-electron chi connectivity index (χ0n) is 10.0. The molecule has 18 heavy (non-hydrogen) atoms. The summed E-state index contributed by atoms with van der Waals surface area (Å²) < 4.78 is 23.5. The van der Waals surface area contributed by atoms with Gasteiger partial charge in [0.05, 0.1) is 31.9 Å². The lowest BCUT2D eigenvalue weighted by Crippen LogP contribution is -2.35. The summed E-state index contributed by atoms with van der Waals surface area (Å²) in [4.78, 5) is 11.4. The van der Waals surface area contributed by atoms with Crippen molar-refractivity contribution in [1.29, 1.82) is 0 Å². The van der Waals surface area contributed by atoms with Crippen LogP contribution in [0.3, 0.4) is 0 Å². The van der Waals surface area contributed by atoms with E-state index in [1.54, 1.807) is 0 Å². The van der Waals surface area contributed by atoms with Gasteiger partial charge in [-0.25, -0.2) is 9.18 Å². The number of morpholine rings is 1. The third-order valence-electron chi connectivity index (χ3n) is 2.88. The normalized spacial score (nSPS) is 19.6. The Kier molecular flexibility index (Phi) is 3.78. The first-order chi connectivity index (χ1) is 8.63. The second-order valence-corrected chi connectivity index (χ2v) is 4.03. The van der Waals surface area contributed by atoms with Crippen molar-refractivity contribution >= 4 is 11.7 Å². The summed E-state index contributed by atoms with van der Waals surface area (Å²) >= 11 is 0. The third-order valence-corrected chi connectivity index (χ3v) is 2.88. The average Bonchev–Trinajstić information content (AvgIpc) is 2.39. The maximum atomic E-state index is 13.6. The lowest BCUT2D eigenvalue weighted by molar-refractivity contribution is 0.0594. The number of carbonyl (C=O) groups is 1. The molecule has 98 valence electrons. The zero-order chi connectivity index (χ0) is 13.1. The molecule has 2 rings (SSSR count). The highest BCUT2D eigenvalue weighted by Crippen LogP contribution is 2.26. The van der Waals surface area contributed by atoms with Gasteiger partial charge in [-0.2, -0.15) is 0 Å². The van der Waals surface area contributed by atoms with Crippen LogP contribution in [0.2, 0.25) is 0 Å². The number of rotatable bonds is 2. The second-order valence-electron chi connectivity index (χ2n) is 4.03. The number of halogens is 1. The number of nitrogen functional groups attached to an aromatic ring is 1. The minimum atomic E-state index is -0.717. The fourth-order valence-electron chi connectivity index (χ4n) is 1.94. The van der Waals surface area contributed by atoms with E-state index < -0.39 is 11.8 Å². The van der Waals surface area contributed by atoms with Crippen LogP contribution in [0.25, 0.3) is 0 Å². The Bertz CT molecular complexity index is 459. The molecule has 0 aromatic heterocycles. The Morgan fingerprint density at radius 2 is 2.39 bits per heavy atom. The van der Waals surface area contributed by atoms with Crippen LogP contribution in [-0.2, 0) is 9.47 Å². The van der Waals surface area contributed by atoms with Gasteiger partial charge >= 0.3 is 5.97 Å². The van der Waals surface area contributed by atoms with Gasteiger partial charge < -0.3 is 20.5 Å². The van der Waals surface area contributed by atoms with Gasteiger partial charge in [0, 0.05) is 12.2 Å². The molecule has 0 radical (unpaired) electrons. The molecule has 1 aliphatic rings. The summed E-state index contributed by atoms with van der Waals surface area (Å²) in [5, 5.41) is 3.20. The molecular formula is C12H15FN2O3. The van der Waals surface area contributed by atoms with Crippen molar-refractivity contribution in [2.45, 2.75) is 6.04 Å². The maximum Gasteiger partial charge on any atom is 0.340 e. The Morgan fingerprint density at radius 3 is 3.00 bits per heavy atom. The summed E-state index contributed by atoms with van der Waals surface area (Å²) in [7, 11) is 1.21. The number of methoxy groups -OCH3 is 1. The fourth-order valence-corrected chi connectivity index (χ4v) is 1.94. The van der Waals surface area contributed by atoms with Crippen molar-refractivity contribution in [3.8, 4) is 0 Å². The third kappa shape index (κ3) is 2.44. The Morgan fingerprint density at radius 1 is 1.61 bits per heavy atom. The van der Waals surface area contributed by atoms with Crippen LogP contribution < -0.4 is 11.1 Å². The zero-order valence-corrected chi connectivity index (χ0v) is 10.0. The molecule has 1 saturated heterocycles. The standard InChI is InChI=1S/C12H15FN2O3/c1-17-12(16)7-4-8(10(14)5-9(7)13)11-6-18-3-2-15-11/h4-5,11,15H,2-3,6,14H2,1H3/t11-/m0/s1. The average molecular weight is 254 g/mol. The van der Waals surface area contributed by atoms with Crippen molar-refractivity contribution < 1.29 is 18.7 Å². The molecule has 0 aliphatic carbocycles. The lowest BCUT2D eigenvalue weighted by atomic mass is 10.0. The highest BCUT2D eigenvalue weighted by atomic mass is 19.1. The molecule has 0 amide bonds. The van der Waals surface area contributed by atoms with Gasteiger partial charge in [-0.15, -0.1) is 0 Å². The van der Waals surface area contributed by atoms with E-state index in [4.69, 9.17) is 10.5 Å². The van der Waals surface area contributed by atoms with Crippen molar-refractivity contribution in [3.63, 3.8) is 0 Å². The van der Waals surface area contributed by atoms with E-state index in [1.165, 1.54) is 13.2 Å². The molecule has 6 heteroatoms. The van der Waals surface area contributed by atoms with Crippen LogP contribution in [-0.4, -0.2) is 32.8 Å². The van der Waals surface area contributed by atoms with Gasteiger partial charge in [0.2, 0.25) is 0 Å². The van der Waals surface area contributed by atoms with Gasteiger partial charge in [0.25, 0.3) is 0 Å². The number of nitrogens with two attached hydrogens (primary N) is 1. The molecule has 1 fully saturated rings. The monoisotopic (exact) mass is 254 g/mol. The fraction of sp³-hybridized carbons (Fsp3) is 0.417. The van der Waals surface area contributed by atoms with Crippen LogP contribution >= 0.6 is 0 Å². The van der Waals surface area contributed by atoms with E-state index in [0.717, 1.165) is 6.07 Å². The quantitative estimate of drug-likeness (QED) is 0.604. The van der Waals surface area contributed by atoms with E-state index in [2.05, 4.69) is 10.1 Å². The molecule has 0 bridgehead atoms. The Balaban J connectivity index is 2.37. The maximum absolute atomic E-state index is 13.6. The molecule has 1 aliphatic heterocycles. The topological polar surface area (TPSA) is 73.6 Å². The Labute approximate surface area is 104 Å². The van der Waals surface area contributed by atoms with Crippen LogP contribution in [0.1, 0.15) is 22.0 Å². The SMILES string of the molecule is COC(=O)c1cc([C@@H]2COCCN2)c(N)cc1F. The molecule has 0 spiro atoms. The van der Waals surface area contributed by atoms with Gasteiger partial charge in [-0.3, -0.25) is 0 Å². The Hall–Kier alpha value is -1.66.